The minimum atomic E-state index is 0.721. The van der Waals surface area contributed by atoms with Crippen molar-refractivity contribution in [2.75, 3.05) is 0 Å². The fourth-order valence-corrected chi connectivity index (χ4v) is 1.46. The van der Waals surface area contributed by atoms with Crippen molar-refractivity contribution < 1.29 is 4.42 Å². The molecule has 0 N–H and O–H groups in total. The summed E-state index contributed by atoms with van der Waals surface area (Å²) in [6.07, 6.45) is 0. The van der Waals surface area contributed by atoms with E-state index in [1.54, 1.807) is 0 Å². The number of fused-ring (bicyclic) bond motifs is 1. The van der Waals surface area contributed by atoms with Crippen LogP contribution in [0.25, 0.3) is 11.0 Å². The molecule has 1 nitrogen and oxygen atoms in total. The van der Waals surface area contributed by atoms with E-state index in [2.05, 4.69) is 22.9 Å². The normalized spacial score (nSPS) is 10.7. The summed E-state index contributed by atoms with van der Waals surface area (Å²) in [6, 6.07) is 7.83. The summed E-state index contributed by atoms with van der Waals surface area (Å²) in [6.45, 7) is 3.87. The quantitative estimate of drug-likeness (QED) is 0.649. The molecule has 0 fully saturated rings. The smallest absolute Gasteiger partial charge is 0.173 e. The molecule has 55 valence electrons. The Bertz CT molecular complexity index is 389. The number of furan rings is 1. The largest absolute Gasteiger partial charge is 0.449 e. The Morgan fingerprint density at radius 1 is 1.27 bits per heavy atom. The standard InChI is InChI=1S/C9H6BrO/c1-6-7-4-2-3-5-8(7)11-9(6)10/h2-5H,1H2. The molecule has 2 rings (SSSR count). The van der Waals surface area contributed by atoms with Gasteiger partial charge in [0.05, 0.1) is 0 Å². The lowest BCUT2D eigenvalue weighted by Crippen LogP contribution is -1.65. The van der Waals surface area contributed by atoms with Gasteiger partial charge in [0.15, 0.2) is 4.67 Å². The second-order valence-electron chi connectivity index (χ2n) is 2.35. The lowest BCUT2D eigenvalue weighted by molar-refractivity contribution is 0.585. The van der Waals surface area contributed by atoms with Crippen molar-refractivity contribution in [1.82, 2.24) is 0 Å². The van der Waals surface area contributed by atoms with E-state index in [1.165, 1.54) is 0 Å². The fourth-order valence-electron chi connectivity index (χ4n) is 1.07. The van der Waals surface area contributed by atoms with Crippen LogP contribution in [0.5, 0.6) is 0 Å². The van der Waals surface area contributed by atoms with Crippen LogP contribution in [-0.2, 0) is 0 Å². The van der Waals surface area contributed by atoms with Crippen molar-refractivity contribution in [2.24, 2.45) is 0 Å². The molecule has 0 aliphatic carbocycles. The van der Waals surface area contributed by atoms with Crippen molar-refractivity contribution in [1.29, 1.82) is 0 Å². The van der Waals surface area contributed by atoms with Crippen LogP contribution in [0, 0.1) is 6.92 Å². The summed E-state index contributed by atoms with van der Waals surface area (Å²) in [5, 5.41) is 1.07. The fraction of sp³-hybridized carbons (Fsp3) is 0. The Kier molecular flexibility index (Phi) is 1.50. The molecule has 11 heavy (non-hydrogen) atoms. The van der Waals surface area contributed by atoms with Crippen LogP contribution in [0.2, 0.25) is 0 Å². The number of benzene rings is 1. The van der Waals surface area contributed by atoms with Crippen LogP contribution in [0.3, 0.4) is 0 Å². The zero-order valence-electron chi connectivity index (χ0n) is 5.80. The summed E-state index contributed by atoms with van der Waals surface area (Å²) in [5.74, 6) is 0. The molecule has 0 saturated carbocycles. The highest BCUT2D eigenvalue weighted by molar-refractivity contribution is 9.10. The van der Waals surface area contributed by atoms with Gasteiger partial charge in [0.1, 0.15) is 5.58 Å². The maximum atomic E-state index is 5.35. The molecule has 0 aliphatic rings. The molecule has 0 bridgehead atoms. The van der Waals surface area contributed by atoms with Crippen LogP contribution >= 0.6 is 15.9 Å². The van der Waals surface area contributed by atoms with Crippen LogP contribution in [0.4, 0.5) is 0 Å². The molecule has 0 aliphatic heterocycles. The van der Waals surface area contributed by atoms with Crippen LogP contribution < -0.4 is 0 Å². The predicted octanol–water partition coefficient (Wildman–Crippen LogP) is 3.38. The van der Waals surface area contributed by atoms with E-state index in [9.17, 15) is 0 Å². The van der Waals surface area contributed by atoms with Gasteiger partial charge in [0, 0.05) is 10.9 Å². The number of hydrogen-bond donors (Lipinski definition) is 0. The molecular formula is C9H6BrO. The average molecular weight is 210 g/mol. The van der Waals surface area contributed by atoms with E-state index >= 15 is 0 Å². The highest BCUT2D eigenvalue weighted by atomic mass is 79.9. The maximum absolute atomic E-state index is 5.35. The third kappa shape index (κ3) is 0.979. The summed E-state index contributed by atoms with van der Waals surface area (Å²) >= 11 is 3.28. The van der Waals surface area contributed by atoms with E-state index < -0.39 is 0 Å². The molecule has 0 atom stereocenters. The number of para-hydroxylation sites is 1. The zero-order chi connectivity index (χ0) is 7.84. The molecule has 1 aromatic heterocycles. The second-order valence-corrected chi connectivity index (χ2v) is 3.07. The first kappa shape index (κ1) is 6.92. The summed E-state index contributed by atoms with van der Waals surface area (Å²) < 4.78 is 6.07. The van der Waals surface area contributed by atoms with Gasteiger partial charge >= 0.3 is 0 Å². The van der Waals surface area contributed by atoms with Crippen molar-refractivity contribution in [3.05, 3.63) is 41.4 Å². The lowest BCUT2D eigenvalue weighted by atomic mass is 10.2. The van der Waals surface area contributed by atoms with Gasteiger partial charge in [-0.3, -0.25) is 0 Å². The molecule has 1 heterocycles. The van der Waals surface area contributed by atoms with Crippen molar-refractivity contribution >= 4 is 26.9 Å². The van der Waals surface area contributed by atoms with Gasteiger partial charge in [-0.25, -0.2) is 0 Å². The molecule has 0 spiro atoms. The number of halogens is 1. The van der Waals surface area contributed by atoms with Crippen molar-refractivity contribution in [3.63, 3.8) is 0 Å². The van der Waals surface area contributed by atoms with E-state index in [0.29, 0.717) is 0 Å². The Morgan fingerprint density at radius 2 is 2.00 bits per heavy atom. The van der Waals surface area contributed by atoms with Gasteiger partial charge in [-0.05, 0) is 28.9 Å². The van der Waals surface area contributed by atoms with Crippen molar-refractivity contribution in [3.8, 4) is 0 Å². The third-order valence-corrected chi connectivity index (χ3v) is 2.29. The first-order valence-electron chi connectivity index (χ1n) is 3.28. The zero-order valence-corrected chi connectivity index (χ0v) is 7.39. The number of rotatable bonds is 0. The van der Waals surface area contributed by atoms with Gasteiger partial charge in [-0.2, -0.15) is 0 Å². The SMILES string of the molecule is [CH2]c1c(Br)oc2ccccc12. The summed E-state index contributed by atoms with van der Waals surface area (Å²) in [7, 11) is 0. The highest BCUT2D eigenvalue weighted by Gasteiger charge is 2.05. The molecule has 1 radical (unpaired) electrons. The summed E-state index contributed by atoms with van der Waals surface area (Å²) in [5.41, 5.74) is 1.80. The molecule has 0 unspecified atom stereocenters. The molecular weight excluding hydrogens is 204 g/mol. The Morgan fingerprint density at radius 3 is 2.73 bits per heavy atom. The van der Waals surface area contributed by atoms with Crippen LogP contribution in [0.1, 0.15) is 5.56 Å². The molecule has 2 aromatic rings. The highest BCUT2D eigenvalue weighted by Crippen LogP contribution is 2.28. The Hall–Kier alpha value is -0.760. The topological polar surface area (TPSA) is 13.1 Å². The maximum Gasteiger partial charge on any atom is 0.173 e. The predicted molar refractivity (Wildman–Crippen MR) is 48.4 cm³/mol. The van der Waals surface area contributed by atoms with E-state index in [0.717, 1.165) is 21.2 Å². The Labute approximate surface area is 73.1 Å². The molecule has 2 heteroatoms. The van der Waals surface area contributed by atoms with E-state index in [-0.39, 0.29) is 0 Å². The monoisotopic (exact) mass is 209 g/mol. The number of hydrogen-bond acceptors (Lipinski definition) is 1. The Balaban J connectivity index is 2.92. The minimum absolute atomic E-state index is 0.721. The minimum Gasteiger partial charge on any atom is -0.449 e. The lowest BCUT2D eigenvalue weighted by Gasteiger charge is -1.84. The molecule has 0 amide bonds. The van der Waals surface area contributed by atoms with Crippen molar-refractivity contribution in [2.45, 2.75) is 0 Å². The second kappa shape index (κ2) is 2.38. The van der Waals surface area contributed by atoms with Crippen LogP contribution in [0.15, 0.2) is 33.4 Å². The van der Waals surface area contributed by atoms with Gasteiger partial charge in [0.25, 0.3) is 0 Å². The van der Waals surface area contributed by atoms with E-state index in [4.69, 9.17) is 4.42 Å². The molecule has 0 saturated heterocycles. The average Bonchev–Trinajstić information content (AvgIpc) is 2.30. The summed E-state index contributed by atoms with van der Waals surface area (Å²) in [4.78, 5) is 0. The molecule has 1 aromatic carbocycles. The first-order chi connectivity index (χ1) is 5.29. The van der Waals surface area contributed by atoms with Gasteiger partial charge < -0.3 is 4.42 Å². The van der Waals surface area contributed by atoms with Gasteiger partial charge in [0.2, 0.25) is 0 Å². The first-order valence-corrected chi connectivity index (χ1v) is 4.07. The van der Waals surface area contributed by atoms with Crippen LogP contribution in [-0.4, -0.2) is 0 Å². The third-order valence-electron chi connectivity index (χ3n) is 1.65. The van der Waals surface area contributed by atoms with Gasteiger partial charge in [-0.15, -0.1) is 0 Å². The van der Waals surface area contributed by atoms with E-state index in [1.807, 2.05) is 24.3 Å². The van der Waals surface area contributed by atoms with Gasteiger partial charge in [-0.1, -0.05) is 18.2 Å².